The van der Waals surface area contributed by atoms with Crippen LogP contribution in [0.5, 0.6) is 0 Å². The van der Waals surface area contributed by atoms with Crippen LogP contribution in [0.2, 0.25) is 0 Å². The molecule has 380 valence electrons. The Morgan fingerprint density at radius 3 is 1.43 bits per heavy atom. The predicted octanol–water partition coefficient (Wildman–Crippen LogP) is 12.4. The minimum absolute atomic E-state index is 0.204. The number of aliphatic hydroxyl groups is 5. The Morgan fingerprint density at radius 2 is 0.940 bits per heavy atom. The second-order valence-electron chi connectivity index (χ2n) is 17.6. The van der Waals surface area contributed by atoms with Gasteiger partial charge >= 0.3 is 0 Å². The summed E-state index contributed by atoms with van der Waals surface area (Å²) in [6, 6.07) is -0.833. The number of hydrogen-bond donors (Lipinski definition) is 6. The van der Waals surface area contributed by atoms with E-state index in [-0.39, 0.29) is 12.5 Å². The summed E-state index contributed by atoms with van der Waals surface area (Å²) in [5.41, 5.74) is 0. The molecule has 0 radical (unpaired) electrons. The molecule has 9 nitrogen and oxygen atoms in total. The first kappa shape index (κ1) is 61.6. The van der Waals surface area contributed by atoms with Gasteiger partial charge in [0.15, 0.2) is 6.29 Å². The number of unbranched alkanes of at least 4 members (excludes halogenated alkanes) is 14. The molecule has 1 heterocycles. The molecule has 0 spiro atoms. The molecule has 9 heteroatoms. The van der Waals surface area contributed by atoms with Crippen molar-refractivity contribution in [3.05, 3.63) is 122 Å². The van der Waals surface area contributed by atoms with E-state index < -0.39 is 49.5 Å². The van der Waals surface area contributed by atoms with Gasteiger partial charge in [-0.05, 0) is 96.3 Å². The molecule has 0 aromatic rings. The molecule has 1 amide bonds. The van der Waals surface area contributed by atoms with Crippen LogP contribution in [0.4, 0.5) is 0 Å². The molecule has 6 N–H and O–H groups in total. The number of allylic oxidation sites excluding steroid dienone is 19. The van der Waals surface area contributed by atoms with E-state index >= 15 is 0 Å². The highest BCUT2D eigenvalue weighted by Gasteiger charge is 2.44. The van der Waals surface area contributed by atoms with Crippen LogP contribution in [0.1, 0.15) is 181 Å². The Bertz CT molecular complexity index is 1460. The summed E-state index contributed by atoms with van der Waals surface area (Å²) < 4.78 is 11.2. The minimum atomic E-state index is -1.58. The molecular weight excluding hydrogens is 839 g/mol. The molecule has 1 saturated heterocycles. The Hall–Kier alpha value is -3.41. The second-order valence-corrected chi connectivity index (χ2v) is 17.6. The maximum absolute atomic E-state index is 13.0. The fraction of sp³-hybridized carbons (Fsp3) is 0.638. The van der Waals surface area contributed by atoms with Crippen molar-refractivity contribution in [1.29, 1.82) is 0 Å². The van der Waals surface area contributed by atoms with Gasteiger partial charge in [0.1, 0.15) is 24.4 Å². The van der Waals surface area contributed by atoms with Crippen molar-refractivity contribution in [1.82, 2.24) is 5.32 Å². The predicted molar refractivity (Wildman–Crippen MR) is 280 cm³/mol. The van der Waals surface area contributed by atoms with Gasteiger partial charge in [0.05, 0.1) is 25.4 Å². The number of amides is 1. The van der Waals surface area contributed by atoms with Crippen LogP contribution in [0.15, 0.2) is 122 Å². The fourth-order valence-electron chi connectivity index (χ4n) is 7.36. The Balaban J connectivity index is 2.21. The van der Waals surface area contributed by atoms with E-state index in [4.69, 9.17) is 9.47 Å². The largest absolute Gasteiger partial charge is 0.394 e. The lowest BCUT2D eigenvalue weighted by Gasteiger charge is -2.40. The van der Waals surface area contributed by atoms with Crippen molar-refractivity contribution in [3.63, 3.8) is 0 Å². The van der Waals surface area contributed by atoms with E-state index in [9.17, 15) is 30.3 Å². The van der Waals surface area contributed by atoms with Crippen molar-refractivity contribution < 1.29 is 39.8 Å². The van der Waals surface area contributed by atoms with Crippen molar-refractivity contribution in [3.8, 4) is 0 Å². The van der Waals surface area contributed by atoms with Crippen LogP contribution >= 0.6 is 0 Å². The van der Waals surface area contributed by atoms with Crippen LogP contribution < -0.4 is 5.32 Å². The van der Waals surface area contributed by atoms with Crippen LogP contribution in [0.3, 0.4) is 0 Å². The van der Waals surface area contributed by atoms with Crippen LogP contribution in [0.25, 0.3) is 0 Å². The third-order valence-electron chi connectivity index (χ3n) is 11.5. The maximum Gasteiger partial charge on any atom is 0.220 e. The van der Waals surface area contributed by atoms with E-state index in [0.717, 1.165) is 103 Å². The zero-order valence-corrected chi connectivity index (χ0v) is 41.8. The van der Waals surface area contributed by atoms with Gasteiger partial charge in [0.25, 0.3) is 0 Å². The van der Waals surface area contributed by atoms with Crippen molar-refractivity contribution in [2.24, 2.45) is 0 Å². The van der Waals surface area contributed by atoms with Crippen molar-refractivity contribution in [2.75, 3.05) is 13.2 Å². The van der Waals surface area contributed by atoms with E-state index in [1.807, 2.05) is 6.08 Å². The number of ether oxygens (including phenoxy) is 2. The molecule has 0 aromatic heterocycles. The summed E-state index contributed by atoms with van der Waals surface area (Å²) in [7, 11) is 0. The first-order chi connectivity index (χ1) is 32.8. The molecule has 7 unspecified atom stereocenters. The third-order valence-corrected chi connectivity index (χ3v) is 11.5. The van der Waals surface area contributed by atoms with Crippen LogP contribution in [0, 0.1) is 0 Å². The number of aliphatic hydroxyl groups excluding tert-OH is 5. The van der Waals surface area contributed by atoms with Crippen molar-refractivity contribution >= 4 is 5.91 Å². The third kappa shape index (κ3) is 36.3. The molecule has 0 bridgehead atoms. The summed E-state index contributed by atoms with van der Waals surface area (Å²) in [6.07, 6.45) is 62.6. The van der Waals surface area contributed by atoms with E-state index in [1.54, 1.807) is 6.08 Å². The van der Waals surface area contributed by atoms with Gasteiger partial charge in [-0.2, -0.15) is 0 Å². The lowest BCUT2D eigenvalue weighted by Crippen LogP contribution is -2.60. The Kier molecular flexibility index (Phi) is 42.6. The van der Waals surface area contributed by atoms with Crippen LogP contribution in [-0.4, -0.2) is 87.5 Å². The fourth-order valence-corrected chi connectivity index (χ4v) is 7.36. The highest BCUT2D eigenvalue weighted by molar-refractivity contribution is 5.76. The second kappa shape index (κ2) is 46.3. The molecule has 1 fully saturated rings. The molecule has 0 aliphatic carbocycles. The topological polar surface area (TPSA) is 149 Å². The summed E-state index contributed by atoms with van der Waals surface area (Å²) in [5.74, 6) is -0.204. The quantitative estimate of drug-likeness (QED) is 0.0262. The monoisotopic (exact) mass is 934 g/mol. The molecule has 1 aliphatic rings. The van der Waals surface area contributed by atoms with E-state index in [2.05, 4.69) is 129 Å². The molecule has 7 atom stereocenters. The first-order valence-corrected chi connectivity index (χ1v) is 26.3. The zero-order valence-electron chi connectivity index (χ0n) is 41.8. The van der Waals surface area contributed by atoms with Gasteiger partial charge in [0.2, 0.25) is 5.91 Å². The van der Waals surface area contributed by atoms with Gasteiger partial charge in [-0.25, -0.2) is 0 Å². The van der Waals surface area contributed by atoms with Gasteiger partial charge in [-0.1, -0.05) is 200 Å². The van der Waals surface area contributed by atoms with Gasteiger partial charge < -0.3 is 40.3 Å². The Morgan fingerprint density at radius 1 is 0.522 bits per heavy atom. The van der Waals surface area contributed by atoms with E-state index in [0.29, 0.717) is 6.42 Å². The SMILES string of the molecule is CC/C=C\C/C=C\C/C=C\C/C=C\C/C=C\C/C=C\C/C=C\C/C=C\CCCCCCCCCCC(=O)NC(COC1OC(CO)C(O)C(O)C1O)C(O)/C=C/CC/C=C/CCCCCCC. The lowest BCUT2D eigenvalue weighted by atomic mass is 9.99. The lowest BCUT2D eigenvalue weighted by molar-refractivity contribution is -0.302. The molecular formula is C58H95NO8. The molecule has 1 rings (SSSR count). The van der Waals surface area contributed by atoms with Crippen LogP contribution in [-0.2, 0) is 14.3 Å². The highest BCUT2D eigenvalue weighted by atomic mass is 16.7. The summed E-state index contributed by atoms with van der Waals surface area (Å²) in [5, 5.41) is 54.2. The zero-order chi connectivity index (χ0) is 48.7. The average molecular weight is 934 g/mol. The maximum atomic E-state index is 13.0. The van der Waals surface area contributed by atoms with Gasteiger partial charge in [-0.3, -0.25) is 4.79 Å². The molecule has 0 aromatic carbocycles. The number of hydrogen-bond acceptors (Lipinski definition) is 8. The van der Waals surface area contributed by atoms with E-state index in [1.165, 1.54) is 57.8 Å². The molecule has 67 heavy (non-hydrogen) atoms. The minimum Gasteiger partial charge on any atom is -0.394 e. The molecule has 1 aliphatic heterocycles. The smallest absolute Gasteiger partial charge is 0.220 e. The number of carbonyl (C=O) groups excluding carboxylic acids is 1. The number of nitrogens with one attached hydrogen (secondary N) is 1. The van der Waals surface area contributed by atoms with Gasteiger partial charge in [-0.15, -0.1) is 0 Å². The Labute approximate surface area is 408 Å². The summed E-state index contributed by atoms with van der Waals surface area (Å²) >= 11 is 0. The average Bonchev–Trinajstić information content (AvgIpc) is 3.33. The standard InChI is InChI=1S/C58H95NO8/c1-3-5-7-9-11-13-15-16-17-18-19-20-21-22-23-24-25-26-27-28-29-30-31-32-33-34-35-36-38-40-42-44-46-48-54(62)59-51(50-66-58-57(65)56(64)55(63)53(49-60)67-58)52(61)47-45-43-41-39-37-14-12-10-8-6-4-2/h5,7,11,13,16-17,19-20,22-23,25-26,28-29,31-32,37,39,45,47,51-53,55-58,60-61,63-65H,3-4,6,8-10,12,14-15,18,21,24,27,30,33-36,38,40-44,46,48-50H2,1-2H3,(H,59,62)/b7-5-,13-11-,17-16-,20-19-,23-22-,26-25-,29-28-,32-31-,39-37+,47-45+. The molecule has 0 saturated carbocycles. The number of rotatable bonds is 42. The highest BCUT2D eigenvalue weighted by Crippen LogP contribution is 2.22. The first-order valence-electron chi connectivity index (χ1n) is 26.3. The summed E-state index contributed by atoms with van der Waals surface area (Å²) in [4.78, 5) is 13.0. The van der Waals surface area contributed by atoms with Gasteiger partial charge in [0, 0.05) is 6.42 Å². The number of carbonyl (C=O) groups is 1. The van der Waals surface area contributed by atoms with Crippen molar-refractivity contribution in [2.45, 2.75) is 224 Å². The summed E-state index contributed by atoms with van der Waals surface area (Å²) in [6.45, 7) is 3.59. The normalized spacial score (nSPS) is 20.7.